The summed E-state index contributed by atoms with van der Waals surface area (Å²) in [5.41, 5.74) is 1.22. The zero-order chi connectivity index (χ0) is 17.9. The SMILES string of the molecule is c1ccc(NCCCCCCCCOc2cccc3ccccc23)cc1. The maximum absolute atomic E-state index is 6.00. The van der Waals surface area contributed by atoms with E-state index in [0.717, 1.165) is 25.3 Å². The number of anilines is 1. The van der Waals surface area contributed by atoms with E-state index in [1.807, 2.05) is 0 Å². The van der Waals surface area contributed by atoms with Crippen LogP contribution in [-0.4, -0.2) is 13.2 Å². The van der Waals surface area contributed by atoms with Crippen molar-refractivity contribution in [1.29, 1.82) is 0 Å². The second-order valence-electron chi connectivity index (χ2n) is 6.74. The van der Waals surface area contributed by atoms with Crippen LogP contribution in [0.5, 0.6) is 5.75 Å². The van der Waals surface area contributed by atoms with Gasteiger partial charge in [0.05, 0.1) is 6.61 Å². The van der Waals surface area contributed by atoms with Crippen LogP contribution < -0.4 is 10.1 Å². The van der Waals surface area contributed by atoms with Crippen molar-refractivity contribution in [3.63, 3.8) is 0 Å². The van der Waals surface area contributed by atoms with Gasteiger partial charge in [-0.2, -0.15) is 0 Å². The average Bonchev–Trinajstić information content (AvgIpc) is 2.70. The second kappa shape index (κ2) is 10.5. The van der Waals surface area contributed by atoms with E-state index in [0.29, 0.717) is 0 Å². The standard InChI is InChI=1S/C24H29NO/c1(3-10-19-25-22-15-6-5-7-16-22)2-4-11-20-26-24-18-12-14-21-13-8-9-17-23(21)24/h5-9,12-18,25H,1-4,10-11,19-20H2. The molecule has 2 nitrogen and oxygen atoms in total. The lowest BCUT2D eigenvalue weighted by Crippen LogP contribution is -2.01. The fraction of sp³-hybridized carbons (Fsp3) is 0.333. The molecule has 3 rings (SSSR count). The third-order valence-corrected chi connectivity index (χ3v) is 4.68. The molecule has 26 heavy (non-hydrogen) atoms. The molecule has 3 aromatic rings. The van der Waals surface area contributed by atoms with Crippen molar-refractivity contribution in [2.24, 2.45) is 0 Å². The summed E-state index contributed by atoms with van der Waals surface area (Å²) in [6, 6.07) is 25.1. The molecular weight excluding hydrogens is 318 g/mol. The molecule has 0 saturated carbocycles. The lowest BCUT2D eigenvalue weighted by Gasteiger charge is -2.09. The van der Waals surface area contributed by atoms with Crippen LogP contribution in [0.1, 0.15) is 38.5 Å². The molecule has 0 aliphatic heterocycles. The maximum atomic E-state index is 6.00. The van der Waals surface area contributed by atoms with Crippen molar-refractivity contribution in [1.82, 2.24) is 0 Å². The average molecular weight is 348 g/mol. The van der Waals surface area contributed by atoms with Gasteiger partial charge in [0.1, 0.15) is 5.75 Å². The Morgan fingerprint density at radius 2 is 1.31 bits per heavy atom. The van der Waals surface area contributed by atoms with Crippen molar-refractivity contribution < 1.29 is 4.74 Å². The van der Waals surface area contributed by atoms with E-state index in [1.54, 1.807) is 0 Å². The molecule has 0 spiro atoms. The van der Waals surface area contributed by atoms with E-state index in [-0.39, 0.29) is 0 Å². The fourth-order valence-electron chi connectivity index (χ4n) is 3.23. The molecule has 0 bridgehead atoms. The number of para-hydroxylation sites is 1. The van der Waals surface area contributed by atoms with Crippen LogP contribution in [0.3, 0.4) is 0 Å². The van der Waals surface area contributed by atoms with Crippen molar-refractivity contribution in [3.8, 4) is 5.75 Å². The van der Waals surface area contributed by atoms with Gasteiger partial charge in [-0.15, -0.1) is 0 Å². The van der Waals surface area contributed by atoms with Gasteiger partial charge < -0.3 is 10.1 Å². The molecule has 0 saturated heterocycles. The topological polar surface area (TPSA) is 21.3 Å². The van der Waals surface area contributed by atoms with Crippen molar-refractivity contribution in [3.05, 3.63) is 72.8 Å². The lowest BCUT2D eigenvalue weighted by atomic mass is 10.1. The maximum Gasteiger partial charge on any atom is 0.127 e. The summed E-state index contributed by atoms with van der Waals surface area (Å²) < 4.78 is 6.00. The minimum Gasteiger partial charge on any atom is -0.493 e. The van der Waals surface area contributed by atoms with Crippen molar-refractivity contribution in [2.75, 3.05) is 18.5 Å². The van der Waals surface area contributed by atoms with Gasteiger partial charge in [-0.1, -0.05) is 80.3 Å². The van der Waals surface area contributed by atoms with Crippen LogP contribution in [0.4, 0.5) is 5.69 Å². The number of nitrogens with one attached hydrogen (secondary N) is 1. The zero-order valence-corrected chi connectivity index (χ0v) is 15.5. The van der Waals surface area contributed by atoms with Gasteiger partial charge in [-0.05, 0) is 36.4 Å². The highest BCUT2D eigenvalue weighted by Gasteiger charge is 2.00. The Hall–Kier alpha value is -2.48. The van der Waals surface area contributed by atoms with Crippen LogP contribution in [0.25, 0.3) is 10.8 Å². The smallest absolute Gasteiger partial charge is 0.127 e. The Morgan fingerprint density at radius 1 is 0.615 bits per heavy atom. The van der Waals surface area contributed by atoms with Gasteiger partial charge >= 0.3 is 0 Å². The summed E-state index contributed by atoms with van der Waals surface area (Å²) in [6.07, 6.45) is 7.52. The molecular formula is C24H29NO. The molecule has 3 aromatic carbocycles. The molecule has 0 radical (unpaired) electrons. The minimum atomic E-state index is 0.809. The summed E-state index contributed by atoms with van der Waals surface area (Å²) in [6.45, 7) is 1.87. The molecule has 0 aromatic heterocycles. The summed E-state index contributed by atoms with van der Waals surface area (Å²) in [4.78, 5) is 0. The van der Waals surface area contributed by atoms with Gasteiger partial charge in [-0.25, -0.2) is 0 Å². The highest BCUT2D eigenvalue weighted by atomic mass is 16.5. The predicted molar refractivity (Wildman–Crippen MR) is 112 cm³/mol. The second-order valence-corrected chi connectivity index (χ2v) is 6.74. The Balaban J connectivity index is 1.22. The fourth-order valence-corrected chi connectivity index (χ4v) is 3.23. The third kappa shape index (κ3) is 5.80. The first-order chi connectivity index (χ1) is 12.9. The molecule has 0 aliphatic rings. The molecule has 0 heterocycles. The first-order valence-corrected chi connectivity index (χ1v) is 9.83. The number of unbranched alkanes of at least 4 members (excludes halogenated alkanes) is 5. The molecule has 0 amide bonds. The number of benzene rings is 3. The highest BCUT2D eigenvalue weighted by molar-refractivity contribution is 5.88. The first kappa shape index (κ1) is 18.3. The summed E-state index contributed by atoms with van der Waals surface area (Å²) in [5, 5.41) is 5.92. The number of hydrogen-bond acceptors (Lipinski definition) is 2. The molecule has 0 atom stereocenters. The number of ether oxygens (including phenoxy) is 1. The van der Waals surface area contributed by atoms with E-state index in [1.165, 1.54) is 48.6 Å². The van der Waals surface area contributed by atoms with E-state index >= 15 is 0 Å². The Labute approximate surface area is 157 Å². The summed E-state index contributed by atoms with van der Waals surface area (Å²) >= 11 is 0. The predicted octanol–water partition coefficient (Wildman–Crippen LogP) is 6.67. The minimum absolute atomic E-state index is 0.809. The largest absolute Gasteiger partial charge is 0.493 e. The first-order valence-electron chi connectivity index (χ1n) is 9.83. The lowest BCUT2D eigenvalue weighted by molar-refractivity contribution is 0.308. The molecule has 0 aliphatic carbocycles. The molecule has 136 valence electrons. The molecule has 2 heteroatoms. The van der Waals surface area contributed by atoms with Gasteiger partial charge in [0.15, 0.2) is 0 Å². The van der Waals surface area contributed by atoms with Crippen molar-refractivity contribution in [2.45, 2.75) is 38.5 Å². The zero-order valence-electron chi connectivity index (χ0n) is 15.5. The molecule has 0 fully saturated rings. The number of hydrogen-bond donors (Lipinski definition) is 1. The summed E-state index contributed by atoms with van der Waals surface area (Å²) in [7, 11) is 0. The van der Waals surface area contributed by atoms with Gasteiger partial charge in [-0.3, -0.25) is 0 Å². The van der Waals surface area contributed by atoms with Crippen LogP contribution >= 0.6 is 0 Å². The molecule has 0 unspecified atom stereocenters. The normalized spacial score (nSPS) is 10.8. The summed E-state index contributed by atoms with van der Waals surface area (Å²) in [5.74, 6) is 1.01. The van der Waals surface area contributed by atoms with E-state index in [4.69, 9.17) is 4.74 Å². The van der Waals surface area contributed by atoms with E-state index < -0.39 is 0 Å². The Kier molecular flexibility index (Phi) is 7.39. The van der Waals surface area contributed by atoms with Crippen LogP contribution in [0.15, 0.2) is 72.8 Å². The number of rotatable bonds is 11. The van der Waals surface area contributed by atoms with Crippen molar-refractivity contribution >= 4 is 16.5 Å². The number of fused-ring (bicyclic) bond motifs is 1. The third-order valence-electron chi connectivity index (χ3n) is 4.68. The molecule has 1 N–H and O–H groups in total. The Morgan fingerprint density at radius 3 is 2.19 bits per heavy atom. The van der Waals surface area contributed by atoms with Gasteiger partial charge in [0.2, 0.25) is 0 Å². The van der Waals surface area contributed by atoms with Crippen LogP contribution in [-0.2, 0) is 0 Å². The highest BCUT2D eigenvalue weighted by Crippen LogP contribution is 2.25. The monoisotopic (exact) mass is 347 g/mol. The van der Waals surface area contributed by atoms with Gasteiger partial charge in [0.25, 0.3) is 0 Å². The van der Waals surface area contributed by atoms with E-state index in [9.17, 15) is 0 Å². The quantitative estimate of drug-likeness (QED) is 0.391. The van der Waals surface area contributed by atoms with E-state index in [2.05, 4.69) is 78.1 Å². The van der Waals surface area contributed by atoms with Crippen LogP contribution in [0, 0.1) is 0 Å². The Bertz CT molecular complexity index is 764. The van der Waals surface area contributed by atoms with Crippen LogP contribution in [0.2, 0.25) is 0 Å². The van der Waals surface area contributed by atoms with Gasteiger partial charge in [0, 0.05) is 17.6 Å².